The molecule has 0 N–H and O–H groups in total. The topological polar surface area (TPSA) is 33.0 Å². The summed E-state index contributed by atoms with van der Waals surface area (Å²) in [6.45, 7) is 12.5. The molecular weight excluding hydrogens is 390 g/mol. The summed E-state index contributed by atoms with van der Waals surface area (Å²) in [7, 11) is 1.75. The molecule has 0 heterocycles. The summed E-state index contributed by atoms with van der Waals surface area (Å²) in [5.74, 6) is 5.10. The van der Waals surface area contributed by atoms with Gasteiger partial charge >= 0.3 is 0 Å². The van der Waals surface area contributed by atoms with Crippen molar-refractivity contribution in [3.63, 3.8) is 0 Å². The first-order valence-electron chi connectivity index (χ1n) is 13.8. The Bertz CT molecular complexity index is 748. The predicted molar refractivity (Wildman–Crippen MR) is 133 cm³/mol. The Morgan fingerprint density at radius 3 is 2.50 bits per heavy atom. The minimum absolute atomic E-state index is 0.174. The van der Waals surface area contributed by atoms with Gasteiger partial charge in [0.25, 0.3) is 0 Å². The average molecular weight is 440 g/mol. The maximum Gasteiger partial charge on any atom is 0.0817 e. The molecule has 32 heavy (non-hydrogen) atoms. The van der Waals surface area contributed by atoms with E-state index in [1.54, 1.807) is 7.11 Å². The molecular formula is C30H49NO. The second-order valence-corrected chi connectivity index (χ2v) is 13.2. The van der Waals surface area contributed by atoms with Crippen LogP contribution >= 0.6 is 0 Å². The van der Waals surface area contributed by atoms with Gasteiger partial charge in [-0.15, -0.1) is 0 Å². The van der Waals surface area contributed by atoms with Gasteiger partial charge in [0.2, 0.25) is 0 Å². The van der Waals surface area contributed by atoms with Crippen LogP contribution in [0.4, 0.5) is 0 Å². The fourth-order valence-corrected chi connectivity index (χ4v) is 9.66. The third-order valence-corrected chi connectivity index (χ3v) is 11.4. The largest absolute Gasteiger partial charge is 0.504 e. The summed E-state index contributed by atoms with van der Waals surface area (Å²) in [4.78, 5) is 0. The highest BCUT2D eigenvalue weighted by Gasteiger charge is 2.64. The number of hydrogen-bond donors (Lipinski definition) is 0. The number of rotatable bonds is 6. The van der Waals surface area contributed by atoms with Crippen molar-refractivity contribution in [3.8, 4) is 6.07 Å². The van der Waals surface area contributed by atoms with Gasteiger partial charge in [-0.1, -0.05) is 53.9 Å². The Hall–Kier alpha value is -0.970. The van der Waals surface area contributed by atoms with E-state index in [0.29, 0.717) is 5.41 Å². The molecule has 0 bridgehead atoms. The van der Waals surface area contributed by atoms with Crippen LogP contribution < -0.4 is 0 Å². The lowest BCUT2D eigenvalue weighted by molar-refractivity contribution is -0.133. The minimum Gasteiger partial charge on any atom is -0.504 e. The first kappa shape index (κ1) is 24.2. The van der Waals surface area contributed by atoms with Crippen molar-refractivity contribution in [2.75, 3.05) is 7.11 Å². The SMILES string of the molecule is CO/C=C1\CCC2(C)C3CCC4(C)C(C(C)CCCC(C)C)CCC4C3CCC2(C#N)C1. The third-order valence-electron chi connectivity index (χ3n) is 11.4. The second-order valence-electron chi connectivity index (χ2n) is 13.2. The van der Waals surface area contributed by atoms with Crippen molar-refractivity contribution in [1.82, 2.24) is 0 Å². The van der Waals surface area contributed by atoms with Gasteiger partial charge in [-0.2, -0.15) is 5.26 Å². The van der Waals surface area contributed by atoms with Crippen molar-refractivity contribution in [3.05, 3.63) is 11.8 Å². The summed E-state index contributed by atoms with van der Waals surface area (Å²) < 4.78 is 5.36. The van der Waals surface area contributed by atoms with Gasteiger partial charge in [-0.05, 0) is 110 Å². The van der Waals surface area contributed by atoms with Crippen LogP contribution in [0, 0.1) is 63.1 Å². The molecule has 0 aromatic rings. The van der Waals surface area contributed by atoms with Crippen molar-refractivity contribution in [2.24, 2.45) is 51.8 Å². The zero-order valence-corrected chi connectivity index (χ0v) is 21.9. The predicted octanol–water partition coefficient (Wildman–Crippen LogP) is 8.53. The average Bonchev–Trinajstić information content (AvgIpc) is 3.11. The third kappa shape index (κ3) is 3.75. The summed E-state index contributed by atoms with van der Waals surface area (Å²) in [5, 5.41) is 10.5. The molecule has 2 heteroatoms. The summed E-state index contributed by atoms with van der Waals surface area (Å²) in [6, 6.07) is 2.91. The summed E-state index contributed by atoms with van der Waals surface area (Å²) in [6.07, 6.45) is 17.4. The van der Waals surface area contributed by atoms with Gasteiger partial charge in [0.1, 0.15) is 0 Å². The Labute approximate surface area is 198 Å². The van der Waals surface area contributed by atoms with Crippen LogP contribution in [0.25, 0.3) is 0 Å². The van der Waals surface area contributed by atoms with Crippen LogP contribution in [0.15, 0.2) is 11.8 Å². The van der Waals surface area contributed by atoms with Crippen LogP contribution in [-0.2, 0) is 4.74 Å². The minimum atomic E-state index is -0.174. The normalized spacial score (nSPS) is 45.6. The molecule has 0 aromatic heterocycles. The second kappa shape index (κ2) is 9.00. The molecule has 180 valence electrons. The van der Waals surface area contributed by atoms with Gasteiger partial charge in [-0.25, -0.2) is 0 Å². The van der Waals surface area contributed by atoms with Crippen LogP contribution in [0.3, 0.4) is 0 Å². The van der Waals surface area contributed by atoms with Crippen molar-refractivity contribution in [1.29, 1.82) is 5.26 Å². The van der Waals surface area contributed by atoms with E-state index in [9.17, 15) is 5.26 Å². The van der Waals surface area contributed by atoms with Gasteiger partial charge in [0.15, 0.2) is 0 Å². The zero-order valence-electron chi connectivity index (χ0n) is 21.9. The van der Waals surface area contributed by atoms with E-state index in [-0.39, 0.29) is 10.8 Å². The quantitative estimate of drug-likeness (QED) is 0.388. The van der Waals surface area contributed by atoms with E-state index in [1.165, 1.54) is 63.4 Å². The number of nitriles is 1. The van der Waals surface area contributed by atoms with Gasteiger partial charge in [0, 0.05) is 0 Å². The van der Waals surface area contributed by atoms with Gasteiger partial charge in [-0.3, -0.25) is 0 Å². The van der Waals surface area contributed by atoms with E-state index < -0.39 is 0 Å². The van der Waals surface area contributed by atoms with Gasteiger partial charge in [0.05, 0.1) is 24.9 Å². The van der Waals surface area contributed by atoms with E-state index in [4.69, 9.17) is 4.74 Å². The standard InChI is InChI=1S/C30H49NO/c1-21(2)8-7-9-22(3)25-10-11-26-24-13-17-30(20-31)18-23(19-32-6)12-16-29(30,5)27(24)14-15-28(25,26)4/h19,21-22,24-27H,7-18H2,1-6H3/b23-19+. The summed E-state index contributed by atoms with van der Waals surface area (Å²) >= 11 is 0. The van der Waals surface area contributed by atoms with Crippen molar-refractivity contribution >= 4 is 0 Å². The molecule has 4 fully saturated rings. The maximum atomic E-state index is 10.5. The number of hydrogen-bond acceptors (Lipinski definition) is 2. The molecule has 0 aliphatic heterocycles. The van der Waals surface area contributed by atoms with E-state index in [0.717, 1.165) is 54.8 Å². The molecule has 0 aromatic carbocycles. The molecule has 8 unspecified atom stereocenters. The maximum absolute atomic E-state index is 10.5. The molecule has 4 saturated carbocycles. The number of fused-ring (bicyclic) bond motifs is 5. The molecule has 4 aliphatic rings. The Balaban J connectivity index is 1.52. The van der Waals surface area contributed by atoms with Crippen LogP contribution in [0.1, 0.15) is 112 Å². The first-order chi connectivity index (χ1) is 15.2. The lowest BCUT2D eigenvalue weighted by atomic mass is 9.40. The highest BCUT2D eigenvalue weighted by molar-refractivity contribution is 5.25. The molecule has 0 radical (unpaired) electrons. The molecule has 4 rings (SSSR count). The fraction of sp³-hybridized carbons (Fsp3) is 0.900. The summed E-state index contributed by atoms with van der Waals surface area (Å²) in [5.41, 5.74) is 1.91. The molecule has 0 amide bonds. The van der Waals surface area contributed by atoms with Crippen LogP contribution in [0.2, 0.25) is 0 Å². The lowest BCUT2D eigenvalue weighted by Gasteiger charge is -2.63. The van der Waals surface area contributed by atoms with Crippen molar-refractivity contribution in [2.45, 2.75) is 112 Å². The number of ether oxygens (including phenoxy) is 1. The van der Waals surface area contributed by atoms with Crippen LogP contribution in [-0.4, -0.2) is 7.11 Å². The Morgan fingerprint density at radius 2 is 1.81 bits per heavy atom. The number of nitrogens with zero attached hydrogens (tertiary/aromatic N) is 1. The Kier molecular flexibility index (Phi) is 6.80. The van der Waals surface area contributed by atoms with Crippen molar-refractivity contribution < 1.29 is 4.74 Å². The number of allylic oxidation sites excluding steroid dienone is 1. The highest BCUT2D eigenvalue weighted by Crippen LogP contribution is 2.71. The molecule has 2 nitrogen and oxygen atoms in total. The Morgan fingerprint density at radius 1 is 1.03 bits per heavy atom. The molecule has 0 spiro atoms. The number of methoxy groups -OCH3 is 1. The molecule has 8 atom stereocenters. The van der Waals surface area contributed by atoms with Crippen LogP contribution in [0.5, 0.6) is 0 Å². The first-order valence-corrected chi connectivity index (χ1v) is 13.8. The monoisotopic (exact) mass is 439 g/mol. The van der Waals surface area contributed by atoms with E-state index in [2.05, 4.69) is 40.7 Å². The van der Waals surface area contributed by atoms with E-state index in [1.807, 2.05) is 6.26 Å². The fourth-order valence-electron chi connectivity index (χ4n) is 9.66. The lowest BCUT2D eigenvalue weighted by Crippen LogP contribution is -2.57. The van der Waals surface area contributed by atoms with Gasteiger partial charge < -0.3 is 4.74 Å². The highest BCUT2D eigenvalue weighted by atomic mass is 16.5. The zero-order chi connectivity index (χ0) is 23.1. The smallest absolute Gasteiger partial charge is 0.0817 e. The molecule has 4 aliphatic carbocycles. The van der Waals surface area contributed by atoms with E-state index >= 15 is 0 Å². The molecule has 0 saturated heterocycles.